The summed E-state index contributed by atoms with van der Waals surface area (Å²) in [6, 6.07) is 7.05. The largest absolute Gasteiger partial charge is 0.393 e. The zero-order chi connectivity index (χ0) is 11.5. The molecule has 88 valence electrons. The predicted molar refractivity (Wildman–Crippen MR) is 67.8 cm³/mol. The summed E-state index contributed by atoms with van der Waals surface area (Å²) in [6.07, 6.45) is 3.95. The minimum absolute atomic E-state index is 0.0725. The van der Waals surface area contributed by atoms with Crippen LogP contribution in [0.2, 0.25) is 0 Å². The Morgan fingerprint density at radius 3 is 2.50 bits per heavy atom. The van der Waals surface area contributed by atoms with Gasteiger partial charge in [0, 0.05) is 11.7 Å². The minimum atomic E-state index is -0.0725. The van der Waals surface area contributed by atoms with Crippen molar-refractivity contribution in [3.63, 3.8) is 0 Å². The normalized spacial score (nSPS) is 25.4. The molecule has 1 fully saturated rings. The maximum absolute atomic E-state index is 9.46. The molecule has 0 heterocycles. The van der Waals surface area contributed by atoms with E-state index in [2.05, 4.69) is 37.4 Å². The molecule has 1 saturated carbocycles. The average molecular weight is 219 g/mol. The van der Waals surface area contributed by atoms with Gasteiger partial charge in [0.1, 0.15) is 0 Å². The summed E-state index contributed by atoms with van der Waals surface area (Å²) < 4.78 is 0. The van der Waals surface area contributed by atoms with E-state index in [1.807, 2.05) is 0 Å². The van der Waals surface area contributed by atoms with E-state index in [0.29, 0.717) is 6.04 Å². The van der Waals surface area contributed by atoms with E-state index in [1.54, 1.807) is 0 Å². The molecule has 2 nitrogen and oxygen atoms in total. The third-order valence-electron chi connectivity index (χ3n) is 3.45. The molecule has 0 radical (unpaired) electrons. The smallest absolute Gasteiger partial charge is 0.0541 e. The third-order valence-corrected chi connectivity index (χ3v) is 3.45. The van der Waals surface area contributed by atoms with Crippen molar-refractivity contribution in [2.45, 2.75) is 51.7 Å². The van der Waals surface area contributed by atoms with Crippen molar-refractivity contribution in [1.82, 2.24) is 0 Å². The van der Waals surface area contributed by atoms with E-state index in [-0.39, 0.29) is 6.10 Å². The lowest BCUT2D eigenvalue weighted by Gasteiger charge is -2.27. The molecule has 1 aliphatic rings. The molecule has 0 amide bonds. The zero-order valence-corrected chi connectivity index (χ0v) is 10.2. The van der Waals surface area contributed by atoms with Gasteiger partial charge in [0.05, 0.1) is 6.10 Å². The van der Waals surface area contributed by atoms with Gasteiger partial charge in [-0.3, -0.25) is 0 Å². The van der Waals surface area contributed by atoms with Crippen LogP contribution >= 0.6 is 0 Å². The highest BCUT2D eigenvalue weighted by molar-refractivity contribution is 5.53. The molecule has 0 aromatic heterocycles. The molecular weight excluding hydrogens is 198 g/mol. The van der Waals surface area contributed by atoms with Gasteiger partial charge < -0.3 is 10.4 Å². The van der Waals surface area contributed by atoms with Gasteiger partial charge in [-0.05, 0) is 56.7 Å². The Bertz CT molecular complexity index is 354. The minimum Gasteiger partial charge on any atom is -0.393 e. The van der Waals surface area contributed by atoms with Crippen molar-refractivity contribution >= 4 is 5.69 Å². The number of aliphatic hydroxyl groups is 1. The van der Waals surface area contributed by atoms with Crippen molar-refractivity contribution in [2.75, 3.05) is 5.32 Å². The van der Waals surface area contributed by atoms with Gasteiger partial charge in [0.2, 0.25) is 0 Å². The Morgan fingerprint density at radius 2 is 1.81 bits per heavy atom. The van der Waals surface area contributed by atoms with Crippen LogP contribution in [-0.4, -0.2) is 17.3 Å². The molecule has 2 N–H and O–H groups in total. The molecule has 2 rings (SSSR count). The van der Waals surface area contributed by atoms with Crippen LogP contribution in [0.5, 0.6) is 0 Å². The Hall–Kier alpha value is -1.02. The van der Waals surface area contributed by atoms with E-state index >= 15 is 0 Å². The van der Waals surface area contributed by atoms with E-state index in [4.69, 9.17) is 0 Å². The standard InChI is InChI=1S/C14H21NO/c1-10-3-4-11(2)14(9-10)15-12-5-7-13(16)8-6-12/h3-4,9,12-13,15-16H,5-8H2,1-2H3. The second-order valence-electron chi connectivity index (χ2n) is 4.97. The lowest BCUT2D eigenvalue weighted by molar-refractivity contribution is 0.126. The van der Waals surface area contributed by atoms with Crippen LogP contribution in [-0.2, 0) is 0 Å². The van der Waals surface area contributed by atoms with Crippen LogP contribution in [0, 0.1) is 13.8 Å². The van der Waals surface area contributed by atoms with Crippen LogP contribution in [0.15, 0.2) is 18.2 Å². The Labute approximate surface area is 97.7 Å². The topological polar surface area (TPSA) is 32.3 Å². The fourth-order valence-corrected chi connectivity index (χ4v) is 2.33. The fourth-order valence-electron chi connectivity index (χ4n) is 2.33. The number of aliphatic hydroxyl groups excluding tert-OH is 1. The molecule has 0 bridgehead atoms. The van der Waals surface area contributed by atoms with Crippen LogP contribution < -0.4 is 5.32 Å². The summed E-state index contributed by atoms with van der Waals surface area (Å²) in [5.74, 6) is 0. The summed E-state index contributed by atoms with van der Waals surface area (Å²) in [5, 5.41) is 13.1. The quantitative estimate of drug-likeness (QED) is 0.801. The second kappa shape index (κ2) is 4.88. The summed E-state index contributed by atoms with van der Waals surface area (Å²) in [7, 11) is 0. The van der Waals surface area contributed by atoms with Crippen molar-refractivity contribution < 1.29 is 5.11 Å². The maximum Gasteiger partial charge on any atom is 0.0541 e. The van der Waals surface area contributed by atoms with Gasteiger partial charge in [0.25, 0.3) is 0 Å². The van der Waals surface area contributed by atoms with Gasteiger partial charge in [-0.15, -0.1) is 0 Å². The van der Waals surface area contributed by atoms with Crippen LogP contribution in [0.4, 0.5) is 5.69 Å². The third kappa shape index (κ3) is 2.76. The first-order valence-corrected chi connectivity index (χ1v) is 6.17. The van der Waals surface area contributed by atoms with Crippen molar-refractivity contribution in [3.05, 3.63) is 29.3 Å². The lowest BCUT2D eigenvalue weighted by Crippen LogP contribution is -2.28. The van der Waals surface area contributed by atoms with Gasteiger partial charge in [-0.25, -0.2) is 0 Å². The molecule has 0 aliphatic heterocycles. The number of aryl methyl sites for hydroxylation is 2. The predicted octanol–water partition coefficient (Wildman–Crippen LogP) is 3.02. The highest BCUT2D eigenvalue weighted by Crippen LogP contribution is 2.24. The van der Waals surface area contributed by atoms with Crippen molar-refractivity contribution in [2.24, 2.45) is 0 Å². The summed E-state index contributed by atoms with van der Waals surface area (Å²) in [6.45, 7) is 4.26. The Morgan fingerprint density at radius 1 is 1.12 bits per heavy atom. The molecule has 1 aromatic carbocycles. The monoisotopic (exact) mass is 219 g/mol. The number of hydrogen-bond acceptors (Lipinski definition) is 2. The first kappa shape index (κ1) is 11.5. The van der Waals surface area contributed by atoms with Gasteiger partial charge in [-0.1, -0.05) is 12.1 Å². The van der Waals surface area contributed by atoms with Crippen molar-refractivity contribution in [3.8, 4) is 0 Å². The highest BCUT2D eigenvalue weighted by Gasteiger charge is 2.19. The summed E-state index contributed by atoms with van der Waals surface area (Å²) in [5.41, 5.74) is 3.85. The van der Waals surface area contributed by atoms with Crippen LogP contribution in [0.1, 0.15) is 36.8 Å². The maximum atomic E-state index is 9.46. The van der Waals surface area contributed by atoms with E-state index < -0.39 is 0 Å². The lowest BCUT2D eigenvalue weighted by atomic mass is 9.92. The SMILES string of the molecule is Cc1ccc(C)c(NC2CCC(O)CC2)c1. The van der Waals surface area contributed by atoms with E-state index in [1.165, 1.54) is 16.8 Å². The highest BCUT2D eigenvalue weighted by atomic mass is 16.3. The molecule has 16 heavy (non-hydrogen) atoms. The van der Waals surface area contributed by atoms with Crippen LogP contribution in [0.3, 0.4) is 0 Å². The van der Waals surface area contributed by atoms with E-state index in [9.17, 15) is 5.11 Å². The molecule has 2 heteroatoms. The number of hydrogen-bond donors (Lipinski definition) is 2. The van der Waals surface area contributed by atoms with Gasteiger partial charge in [0.15, 0.2) is 0 Å². The molecule has 0 saturated heterocycles. The summed E-state index contributed by atoms with van der Waals surface area (Å²) in [4.78, 5) is 0. The van der Waals surface area contributed by atoms with Crippen LogP contribution in [0.25, 0.3) is 0 Å². The number of benzene rings is 1. The number of nitrogens with one attached hydrogen (secondary N) is 1. The van der Waals surface area contributed by atoms with Crippen molar-refractivity contribution in [1.29, 1.82) is 0 Å². The molecular formula is C14H21NO. The zero-order valence-electron chi connectivity index (χ0n) is 10.2. The van der Waals surface area contributed by atoms with Gasteiger partial charge >= 0.3 is 0 Å². The second-order valence-corrected chi connectivity index (χ2v) is 4.97. The molecule has 0 unspecified atom stereocenters. The fraction of sp³-hybridized carbons (Fsp3) is 0.571. The number of anilines is 1. The van der Waals surface area contributed by atoms with E-state index in [0.717, 1.165) is 25.7 Å². The first-order valence-electron chi connectivity index (χ1n) is 6.17. The first-order chi connectivity index (χ1) is 7.65. The molecule has 0 spiro atoms. The Kier molecular flexibility index (Phi) is 3.49. The molecule has 1 aliphatic carbocycles. The van der Waals surface area contributed by atoms with Gasteiger partial charge in [-0.2, -0.15) is 0 Å². The Balaban J connectivity index is 2.00. The summed E-state index contributed by atoms with van der Waals surface area (Å²) >= 11 is 0. The molecule has 1 aromatic rings. The molecule has 0 atom stereocenters. The number of rotatable bonds is 2. The average Bonchev–Trinajstić information content (AvgIpc) is 2.27.